The Labute approximate surface area is 142 Å². The summed E-state index contributed by atoms with van der Waals surface area (Å²) in [7, 11) is 4.03. The normalized spacial score (nSPS) is 13.1. The molecule has 0 aliphatic heterocycles. The van der Waals surface area contributed by atoms with E-state index in [0.29, 0.717) is 11.4 Å². The van der Waals surface area contributed by atoms with Crippen molar-refractivity contribution in [1.29, 1.82) is 0 Å². The van der Waals surface area contributed by atoms with E-state index >= 15 is 0 Å². The second-order valence-electron chi connectivity index (χ2n) is 7.04. The molecule has 1 atom stereocenters. The second kappa shape index (κ2) is 7.13. The number of carbonyl (C=O) groups is 1. The first-order valence-corrected chi connectivity index (χ1v) is 7.96. The lowest BCUT2D eigenvalue weighted by Crippen LogP contribution is -2.47. The van der Waals surface area contributed by atoms with Crippen LogP contribution in [-0.4, -0.2) is 47.3 Å². The molecule has 6 heteroatoms. The molecule has 0 spiro atoms. The van der Waals surface area contributed by atoms with Gasteiger partial charge in [0.15, 0.2) is 5.69 Å². The highest BCUT2D eigenvalue weighted by atomic mass is 19.1. The molecule has 0 aliphatic rings. The molecule has 0 saturated carbocycles. The summed E-state index contributed by atoms with van der Waals surface area (Å²) in [6, 6.07) is 7.61. The van der Waals surface area contributed by atoms with Crippen LogP contribution in [0.4, 0.5) is 4.39 Å². The fourth-order valence-electron chi connectivity index (χ4n) is 2.60. The van der Waals surface area contributed by atoms with Crippen LogP contribution in [0, 0.1) is 11.2 Å². The van der Waals surface area contributed by atoms with Gasteiger partial charge in [-0.05, 0) is 56.8 Å². The average molecular weight is 332 g/mol. The van der Waals surface area contributed by atoms with E-state index in [2.05, 4.69) is 29.2 Å². The lowest BCUT2D eigenvalue weighted by molar-refractivity contribution is 0.0880. The summed E-state index contributed by atoms with van der Waals surface area (Å²) in [5.41, 5.74) is 0.974. The van der Waals surface area contributed by atoms with Gasteiger partial charge in [-0.15, -0.1) is 0 Å². The third-order valence-corrected chi connectivity index (χ3v) is 4.16. The van der Waals surface area contributed by atoms with Crippen LogP contribution < -0.4 is 5.32 Å². The van der Waals surface area contributed by atoms with Crippen LogP contribution in [0.5, 0.6) is 0 Å². The molecule has 5 nitrogen and oxygen atoms in total. The van der Waals surface area contributed by atoms with Gasteiger partial charge in [-0.3, -0.25) is 4.79 Å². The topological polar surface area (TPSA) is 50.2 Å². The minimum absolute atomic E-state index is 0.0108. The van der Waals surface area contributed by atoms with Gasteiger partial charge >= 0.3 is 0 Å². The Balaban J connectivity index is 2.07. The summed E-state index contributed by atoms with van der Waals surface area (Å²) in [6.45, 7) is 7.10. The van der Waals surface area contributed by atoms with Crippen LogP contribution in [0.15, 0.2) is 36.5 Å². The van der Waals surface area contributed by atoms with E-state index in [1.165, 1.54) is 12.1 Å². The molecule has 1 unspecified atom stereocenters. The van der Waals surface area contributed by atoms with E-state index < -0.39 is 0 Å². The molecule has 0 bridgehead atoms. The van der Waals surface area contributed by atoms with E-state index in [4.69, 9.17) is 0 Å². The summed E-state index contributed by atoms with van der Waals surface area (Å²) < 4.78 is 14.5. The maximum Gasteiger partial charge on any atom is 0.272 e. The zero-order valence-corrected chi connectivity index (χ0v) is 14.9. The summed E-state index contributed by atoms with van der Waals surface area (Å²) in [6.07, 6.45) is 1.69. The largest absolute Gasteiger partial charge is 0.348 e. The van der Waals surface area contributed by atoms with Crippen molar-refractivity contribution in [2.45, 2.75) is 26.8 Å². The molecule has 0 fully saturated rings. The van der Waals surface area contributed by atoms with Crippen molar-refractivity contribution in [3.8, 4) is 5.69 Å². The van der Waals surface area contributed by atoms with Crippen molar-refractivity contribution in [2.75, 3.05) is 20.6 Å². The van der Waals surface area contributed by atoms with E-state index in [-0.39, 0.29) is 23.2 Å². The Hall–Kier alpha value is -2.21. The molecule has 2 rings (SSSR count). The van der Waals surface area contributed by atoms with Crippen LogP contribution in [0.3, 0.4) is 0 Å². The highest BCUT2D eigenvalue weighted by molar-refractivity contribution is 5.92. The average Bonchev–Trinajstić information content (AvgIpc) is 2.96. The SMILES string of the molecule is CC(NC(=O)c1ccn(-c2ccc(F)cc2)n1)C(C)(C)CN(C)C. The number of aromatic nitrogens is 2. The van der Waals surface area contributed by atoms with Gasteiger partial charge in [0.1, 0.15) is 5.82 Å². The predicted octanol–water partition coefficient (Wildman–Crippen LogP) is 2.72. The monoisotopic (exact) mass is 332 g/mol. The van der Waals surface area contributed by atoms with Crippen LogP contribution >= 0.6 is 0 Å². The number of hydrogen-bond acceptors (Lipinski definition) is 3. The highest BCUT2D eigenvalue weighted by Crippen LogP contribution is 2.21. The predicted molar refractivity (Wildman–Crippen MR) is 92.8 cm³/mol. The third kappa shape index (κ3) is 4.41. The third-order valence-electron chi connectivity index (χ3n) is 4.16. The summed E-state index contributed by atoms with van der Waals surface area (Å²) in [5.74, 6) is -0.518. The van der Waals surface area contributed by atoms with Gasteiger partial charge in [-0.2, -0.15) is 5.10 Å². The molecule has 0 saturated heterocycles. The van der Waals surface area contributed by atoms with Crippen LogP contribution in [-0.2, 0) is 0 Å². The van der Waals surface area contributed by atoms with Gasteiger partial charge in [0, 0.05) is 18.8 Å². The first-order valence-electron chi connectivity index (χ1n) is 7.96. The second-order valence-corrected chi connectivity index (χ2v) is 7.04. The van der Waals surface area contributed by atoms with Crippen molar-refractivity contribution >= 4 is 5.91 Å². The molecule has 1 aromatic carbocycles. The fourth-order valence-corrected chi connectivity index (χ4v) is 2.60. The minimum Gasteiger partial charge on any atom is -0.348 e. The number of nitrogens with zero attached hydrogens (tertiary/aromatic N) is 3. The summed E-state index contributed by atoms with van der Waals surface area (Å²) in [4.78, 5) is 14.5. The van der Waals surface area contributed by atoms with Gasteiger partial charge in [-0.25, -0.2) is 9.07 Å². The maximum atomic E-state index is 13.0. The first-order chi connectivity index (χ1) is 11.2. The number of carbonyl (C=O) groups excluding carboxylic acids is 1. The maximum absolute atomic E-state index is 13.0. The smallest absolute Gasteiger partial charge is 0.272 e. The van der Waals surface area contributed by atoms with Crippen LogP contribution in [0.2, 0.25) is 0 Å². The van der Waals surface area contributed by atoms with Crippen LogP contribution in [0.25, 0.3) is 5.69 Å². The Bertz CT molecular complexity index is 691. The van der Waals surface area contributed by atoms with Gasteiger partial charge in [0.25, 0.3) is 5.91 Å². The van der Waals surface area contributed by atoms with E-state index in [1.807, 2.05) is 21.0 Å². The van der Waals surface area contributed by atoms with Crippen molar-refractivity contribution in [3.63, 3.8) is 0 Å². The molecule has 1 N–H and O–H groups in total. The van der Waals surface area contributed by atoms with Crippen molar-refractivity contribution in [3.05, 3.63) is 48.0 Å². The quantitative estimate of drug-likeness (QED) is 0.885. The highest BCUT2D eigenvalue weighted by Gasteiger charge is 2.28. The number of rotatable bonds is 6. The van der Waals surface area contributed by atoms with E-state index in [1.54, 1.807) is 29.1 Å². The number of nitrogens with one attached hydrogen (secondary N) is 1. The molecule has 2 aromatic rings. The zero-order chi connectivity index (χ0) is 17.9. The molecule has 130 valence electrons. The Morgan fingerprint density at radius 2 is 1.92 bits per heavy atom. The fraction of sp³-hybridized carbons (Fsp3) is 0.444. The molecule has 0 aliphatic carbocycles. The van der Waals surface area contributed by atoms with Crippen molar-refractivity contribution < 1.29 is 9.18 Å². The number of halogens is 1. The standard InChI is InChI=1S/C18H25FN4O/c1-13(18(2,3)12-22(4)5)20-17(24)16-10-11-23(21-16)15-8-6-14(19)7-9-15/h6-11,13H,12H2,1-5H3,(H,20,24). The molecule has 1 amide bonds. The Kier molecular flexibility index (Phi) is 5.39. The van der Waals surface area contributed by atoms with Crippen molar-refractivity contribution in [1.82, 2.24) is 20.0 Å². The molecular formula is C18H25FN4O. The number of hydrogen-bond donors (Lipinski definition) is 1. The van der Waals surface area contributed by atoms with Gasteiger partial charge in [0.05, 0.1) is 5.69 Å². The molecular weight excluding hydrogens is 307 g/mol. The van der Waals surface area contributed by atoms with E-state index in [9.17, 15) is 9.18 Å². The van der Waals surface area contributed by atoms with Gasteiger partial charge in [-0.1, -0.05) is 13.8 Å². The minimum atomic E-state index is -0.305. The zero-order valence-electron chi connectivity index (χ0n) is 14.9. The lowest BCUT2D eigenvalue weighted by atomic mass is 9.85. The van der Waals surface area contributed by atoms with E-state index in [0.717, 1.165) is 6.54 Å². The Morgan fingerprint density at radius 1 is 1.29 bits per heavy atom. The summed E-state index contributed by atoms with van der Waals surface area (Å²) >= 11 is 0. The lowest BCUT2D eigenvalue weighted by Gasteiger charge is -2.34. The molecule has 1 aromatic heterocycles. The van der Waals surface area contributed by atoms with Crippen LogP contribution in [0.1, 0.15) is 31.3 Å². The summed E-state index contributed by atoms with van der Waals surface area (Å²) in [5, 5.41) is 7.29. The molecule has 24 heavy (non-hydrogen) atoms. The Morgan fingerprint density at radius 3 is 2.50 bits per heavy atom. The molecule has 1 heterocycles. The van der Waals surface area contributed by atoms with Gasteiger partial charge in [0.2, 0.25) is 0 Å². The number of amides is 1. The van der Waals surface area contributed by atoms with Crippen molar-refractivity contribution in [2.24, 2.45) is 5.41 Å². The number of benzene rings is 1. The van der Waals surface area contributed by atoms with Gasteiger partial charge < -0.3 is 10.2 Å². The molecule has 0 radical (unpaired) electrons. The first kappa shape index (κ1) is 18.1.